The van der Waals surface area contributed by atoms with Gasteiger partial charge in [-0.1, -0.05) is 19.1 Å². The van der Waals surface area contributed by atoms with Crippen molar-refractivity contribution in [1.82, 2.24) is 9.55 Å². The van der Waals surface area contributed by atoms with E-state index in [0.717, 1.165) is 23.2 Å². The number of ether oxygens (including phenoxy) is 3. The van der Waals surface area contributed by atoms with Gasteiger partial charge in [0.15, 0.2) is 11.5 Å². The van der Waals surface area contributed by atoms with Gasteiger partial charge in [-0.15, -0.1) is 0 Å². The second kappa shape index (κ2) is 7.91. The van der Waals surface area contributed by atoms with Crippen LogP contribution >= 0.6 is 12.2 Å². The summed E-state index contributed by atoms with van der Waals surface area (Å²) in [5.74, 6) is 1.22. The summed E-state index contributed by atoms with van der Waals surface area (Å²) in [4.78, 5) is 4.96. The van der Waals surface area contributed by atoms with E-state index in [1.807, 2.05) is 36.6 Å². The standard InChI is InChI=1S/C20H21N3O3S/c1-5-12(2)26-19-7-14(6-13(10-21)20(19)27)23-11-22-15-8-17(24-3)18(25-4)9-16(15)23/h6-9,11-12,19H,5H2,1-4H3/t12-,19?/m1/s1. The number of allylic oxidation sites excluding steroid dienone is 2. The van der Waals surface area contributed by atoms with Crippen molar-refractivity contribution in [3.8, 4) is 17.6 Å². The summed E-state index contributed by atoms with van der Waals surface area (Å²) in [5, 5.41) is 9.50. The average Bonchev–Trinajstić information content (AvgIpc) is 3.10. The molecule has 1 aromatic carbocycles. The quantitative estimate of drug-likeness (QED) is 0.705. The van der Waals surface area contributed by atoms with Crippen LogP contribution in [0.2, 0.25) is 0 Å². The number of imidazole rings is 1. The van der Waals surface area contributed by atoms with Crippen molar-refractivity contribution in [2.45, 2.75) is 32.5 Å². The number of hydrogen-bond donors (Lipinski definition) is 0. The van der Waals surface area contributed by atoms with Gasteiger partial charge in [-0.2, -0.15) is 5.26 Å². The minimum Gasteiger partial charge on any atom is -0.493 e. The molecule has 0 saturated heterocycles. The molecule has 27 heavy (non-hydrogen) atoms. The fourth-order valence-electron chi connectivity index (χ4n) is 2.88. The third-order valence-corrected chi connectivity index (χ3v) is 5.00. The molecule has 0 radical (unpaired) electrons. The molecule has 0 N–H and O–H groups in total. The Morgan fingerprint density at radius 1 is 1.30 bits per heavy atom. The van der Waals surface area contributed by atoms with Gasteiger partial charge in [0.25, 0.3) is 0 Å². The number of aromatic nitrogens is 2. The Bertz CT molecular complexity index is 984. The molecule has 0 aliphatic heterocycles. The number of rotatable bonds is 6. The number of nitriles is 1. The molecular weight excluding hydrogens is 362 g/mol. The van der Waals surface area contributed by atoms with Crippen LogP contribution in [-0.4, -0.2) is 40.8 Å². The lowest BCUT2D eigenvalue weighted by Crippen LogP contribution is -2.29. The zero-order valence-corrected chi connectivity index (χ0v) is 16.5. The summed E-state index contributed by atoms with van der Waals surface area (Å²) in [6.45, 7) is 4.04. The molecule has 1 aromatic heterocycles. The van der Waals surface area contributed by atoms with Crippen molar-refractivity contribution in [3.63, 3.8) is 0 Å². The van der Waals surface area contributed by atoms with Crippen LogP contribution in [0.25, 0.3) is 16.7 Å². The Morgan fingerprint density at radius 3 is 2.63 bits per heavy atom. The zero-order valence-electron chi connectivity index (χ0n) is 15.7. The van der Waals surface area contributed by atoms with E-state index in [-0.39, 0.29) is 6.10 Å². The highest BCUT2D eigenvalue weighted by molar-refractivity contribution is 7.81. The third kappa shape index (κ3) is 3.59. The Labute approximate surface area is 163 Å². The number of thiocarbonyl (C=S) groups is 1. The van der Waals surface area contributed by atoms with E-state index in [0.29, 0.717) is 21.9 Å². The van der Waals surface area contributed by atoms with Crippen LogP contribution < -0.4 is 9.47 Å². The van der Waals surface area contributed by atoms with Crippen LogP contribution in [-0.2, 0) is 4.74 Å². The molecule has 0 fully saturated rings. The highest BCUT2D eigenvalue weighted by atomic mass is 32.1. The molecule has 7 heteroatoms. The highest BCUT2D eigenvalue weighted by Crippen LogP contribution is 2.33. The van der Waals surface area contributed by atoms with Crippen LogP contribution in [0.15, 0.2) is 36.2 Å². The Hall–Kier alpha value is -2.69. The lowest BCUT2D eigenvalue weighted by atomic mass is 10.0. The molecule has 0 amide bonds. The summed E-state index contributed by atoms with van der Waals surface area (Å²) in [7, 11) is 3.18. The summed E-state index contributed by atoms with van der Waals surface area (Å²) in [6, 6.07) is 5.86. The van der Waals surface area contributed by atoms with Gasteiger partial charge in [0.1, 0.15) is 18.5 Å². The SMILES string of the molecule is CC[C@@H](C)OC1C=C(n2cnc3cc(OC)c(OC)cc32)C=C(C#N)C1=S. The topological polar surface area (TPSA) is 69.3 Å². The zero-order chi connectivity index (χ0) is 19.6. The number of benzene rings is 1. The molecule has 0 spiro atoms. The third-order valence-electron chi connectivity index (χ3n) is 4.54. The van der Waals surface area contributed by atoms with E-state index in [9.17, 15) is 5.26 Å². The number of nitrogens with zero attached hydrogens (tertiary/aromatic N) is 3. The Kier molecular flexibility index (Phi) is 5.59. The summed E-state index contributed by atoms with van der Waals surface area (Å²) < 4.78 is 18.7. The molecule has 3 rings (SSSR count). The van der Waals surface area contributed by atoms with Crippen molar-refractivity contribution in [2.75, 3.05) is 14.2 Å². The molecule has 0 saturated carbocycles. The van der Waals surface area contributed by atoms with Crippen LogP contribution in [0, 0.1) is 11.3 Å². The van der Waals surface area contributed by atoms with E-state index in [1.165, 1.54) is 0 Å². The van der Waals surface area contributed by atoms with Gasteiger partial charge >= 0.3 is 0 Å². The fraction of sp³-hybridized carbons (Fsp3) is 0.350. The monoisotopic (exact) mass is 383 g/mol. The summed E-state index contributed by atoms with van der Waals surface area (Å²) in [5.41, 5.74) is 2.80. The first-order valence-electron chi connectivity index (χ1n) is 8.65. The van der Waals surface area contributed by atoms with E-state index in [2.05, 4.69) is 11.1 Å². The number of fused-ring (bicyclic) bond motifs is 1. The molecule has 1 heterocycles. The van der Waals surface area contributed by atoms with E-state index in [1.54, 1.807) is 26.6 Å². The molecular formula is C20H21N3O3S. The Morgan fingerprint density at radius 2 is 2.00 bits per heavy atom. The van der Waals surface area contributed by atoms with Crippen LogP contribution in [0.1, 0.15) is 20.3 Å². The van der Waals surface area contributed by atoms with Crippen molar-refractivity contribution < 1.29 is 14.2 Å². The molecule has 1 unspecified atom stereocenters. The second-order valence-corrected chi connectivity index (χ2v) is 6.65. The maximum absolute atomic E-state index is 9.50. The van der Waals surface area contributed by atoms with Crippen molar-refractivity contribution in [3.05, 3.63) is 36.2 Å². The van der Waals surface area contributed by atoms with E-state index in [4.69, 9.17) is 26.4 Å². The molecule has 6 nitrogen and oxygen atoms in total. The first kappa shape index (κ1) is 19.1. The van der Waals surface area contributed by atoms with Crippen LogP contribution in [0.5, 0.6) is 11.5 Å². The highest BCUT2D eigenvalue weighted by Gasteiger charge is 2.25. The normalized spacial score (nSPS) is 17.9. The summed E-state index contributed by atoms with van der Waals surface area (Å²) >= 11 is 5.44. The first-order valence-corrected chi connectivity index (χ1v) is 9.05. The van der Waals surface area contributed by atoms with E-state index >= 15 is 0 Å². The molecule has 0 bridgehead atoms. The molecule has 2 atom stereocenters. The van der Waals surface area contributed by atoms with E-state index < -0.39 is 6.10 Å². The molecule has 140 valence electrons. The predicted octanol–water partition coefficient (Wildman–Crippen LogP) is 3.91. The number of hydrogen-bond acceptors (Lipinski definition) is 6. The maximum atomic E-state index is 9.50. The van der Waals surface area contributed by atoms with Crippen LogP contribution in [0.3, 0.4) is 0 Å². The predicted molar refractivity (Wildman–Crippen MR) is 108 cm³/mol. The van der Waals surface area contributed by atoms with Gasteiger partial charge in [-0.3, -0.25) is 4.57 Å². The van der Waals surface area contributed by atoms with Gasteiger partial charge in [-0.25, -0.2) is 4.98 Å². The van der Waals surface area contributed by atoms with Gasteiger partial charge < -0.3 is 14.2 Å². The lowest BCUT2D eigenvalue weighted by molar-refractivity contribution is 0.0575. The second-order valence-electron chi connectivity index (χ2n) is 6.21. The van der Waals surface area contributed by atoms with Gasteiger partial charge in [0.05, 0.1) is 41.8 Å². The minimum absolute atomic E-state index is 0.0346. The Balaban J connectivity index is 2.10. The van der Waals surface area contributed by atoms with Gasteiger partial charge in [-0.05, 0) is 25.5 Å². The molecule has 1 aliphatic carbocycles. The largest absolute Gasteiger partial charge is 0.493 e. The lowest BCUT2D eigenvalue weighted by Gasteiger charge is -2.24. The maximum Gasteiger partial charge on any atom is 0.163 e. The smallest absolute Gasteiger partial charge is 0.163 e. The van der Waals surface area contributed by atoms with Gasteiger partial charge in [0.2, 0.25) is 0 Å². The first-order chi connectivity index (χ1) is 13.0. The van der Waals surface area contributed by atoms with Crippen molar-refractivity contribution >= 4 is 33.8 Å². The van der Waals surface area contributed by atoms with Crippen molar-refractivity contribution in [1.29, 1.82) is 5.26 Å². The fourth-order valence-corrected chi connectivity index (χ4v) is 3.11. The molecule has 1 aliphatic rings. The average molecular weight is 383 g/mol. The van der Waals surface area contributed by atoms with Crippen LogP contribution in [0.4, 0.5) is 0 Å². The van der Waals surface area contributed by atoms with Gasteiger partial charge in [0, 0.05) is 17.8 Å². The molecule has 2 aromatic rings. The summed E-state index contributed by atoms with van der Waals surface area (Å²) in [6.07, 6.45) is 5.85. The van der Waals surface area contributed by atoms with Crippen molar-refractivity contribution in [2.24, 2.45) is 0 Å². The number of methoxy groups -OCH3 is 2. The minimum atomic E-state index is -0.429.